The molecule has 0 saturated carbocycles. The normalized spacial score (nSPS) is 23.8. The maximum atomic E-state index is 10.8. The number of carboxylic acid groups (broad SMARTS) is 1. The molecule has 76 valence electrons. The Balaban J connectivity index is 2.57. The van der Waals surface area contributed by atoms with Crippen molar-refractivity contribution in [3.63, 3.8) is 0 Å². The highest BCUT2D eigenvalue weighted by molar-refractivity contribution is 7.99. The topological polar surface area (TPSA) is 60.8 Å². The molecule has 0 aromatic heterocycles. The molecule has 1 aliphatic rings. The zero-order valence-corrected chi connectivity index (χ0v) is 8.46. The van der Waals surface area contributed by atoms with Crippen LogP contribution in [0.25, 0.3) is 0 Å². The summed E-state index contributed by atoms with van der Waals surface area (Å²) in [6.07, 6.45) is -0.805. The van der Waals surface area contributed by atoms with Crippen molar-refractivity contribution in [1.82, 2.24) is 4.90 Å². The number of aliphatic carboxylic acids is 1. The Labute approximate surface area is 81.9 Å². The van der Waals surface area contributed by atoms with Gasteiger partial charge in [-0.25, -0.2) is 0 Å². The molecular formula is C8H15NO3S. The van der Waals surface area contributed by atoms with Crippen molar-refractivity contribution in [3.8, 4) is 0 Å². The molecule has 4 nitrogen and oxygen atoms in total. The lowest BCUT2D eigenvalue weighted by Crippen LogP contribution is -2.51. The predicted molar refractivity (Wildman–Crippen MR) is 52.0 cm³/mol. The van der Waals surface area contributed by atoms with E-state index in [-0.39, 0.29) is 0 Å². The van der Waals surface area contributed by atoms with Gasteiger partial charge in [-0.15, -0.1) is 0 Å². The molecule has 2 atom stereocenters. The SMILES string of the molecule is C[C@H](O)[C@H](C(=O)O)N1CCSCC1. The molecule has 0 aromatic rings. The standard InChI is InChI=1S/C8H15NO3S/c1-6(10)7(8(11)12)9-2-4-13-5-3-9/h6-7,10H,2-5H2,1H3,(H,11,12)/t6-,7+/m0/s1. The van der Waals surface area contributed by atoms with Gasteiger partial charge in [0.15, 0.2) is 0 Å². The second kappa shape index (κ2) is 4.83. The molecule has 1 aliphatic heterocycles. The Morgan fingerprint density at radius 3 is 2.38 bits per heavy atom. The summed E-state index contributed by atoms with van der Waals surface area (Å²) >= 11 is 1.82. The van der Waals surface area contributed by atoms with Crippen LogP contribution in [0.1, 0.15) is 6.92 Å². The van der Waals surface area contributed by atoms with E-state index >= 15 is 0 Å². The molecule has 1 heterocycles. The quantitative estimate of drug-likeness (QED) is 0.672. The van der Waals surface area contributed by atoms with Crippen molar-refractivity contribution in [2.75, 3.05) is 24.6 Å². The molecule has 1 saturated heterocycles. The van der Waals surface area contributed by atoms with Crippen molar-refractivity contribution in [1.29, 1.82) is 0 Å². The first kappa shape index (κ1) is 10.8. The van der Waals surface area contributed by atoms with Crippen LogP contribution in [0, 0.1) is 0 Å². The Kier molecular flexibility index (Phi) is 4.02. The molecule has 0 aliphatic carbocycles. The predicted octanol–water partition coefficient (Wildman–Crippen LogP) is -0.131. The lowest BCUT2D eigenvalue weighted by Gasteiger charge is -2.33. The van der Waals surface area contributed by atoms with Gasteiger partial charge in [0, 0.05) is 24.6 Å². The van der Waals surface area contributed by atoms with Crippen molar-refractivity contribution >= 4 is 17.7 Å². The van der Waals surface area contributed by atoms with Gasteiger partial charge >= 0.3 is 5.97 Å². The molecule has 13 heavy (non-hydrogen) atoms. The number of hydrogen-bond acceptors (Lipinski definition) is 4. The van der Waals surface area contributed by atoms with E-state index in [4.69, 9.17) is 5.11 Å². The molecule has 1 rings (SSSR count). The third-order valence-electron chi connectivity index (χ3n) is 2.15. The van der Waals surface area contributed by atoms with Crippen molar-refractivity contribution in [2.45, 2.75) is 19.1 Å². The van der Waals surface area contributed by atoms with Crippen LogP contribution in [0.5, 0.6) is 0 Å². The molecule has 5 heteroatoms. The largest absolute Gasteiger partial charge is 0.480 e. The van der Waals surface area contributed by atoms with E-state index in [1.165, 1.54) is 6.92 Å². The number of nitrogens with zero attached hydrogens (tertiary/aromatic N) is 1. The maximum Gasteiger partial charge on any atom is 0.323 e. The number of carbonyl (C=O) groups is 1. The lowest BCUT2D eigenvalue weighted by atomic mass is 10.1. The summed E-state index contributed by atoms with van der Waals surface area (Å²) in [5, 5.41) is 18.2. The molecule has 0 radical (unpaired) electrons. The van der Waals surface area contributed by atoms with Gasteiger partial charge in [-0.3, -0.25) is 9.69 Å². The first-order valence-electron chi connectivity index (χ1n) is 4.35. The third-order valence-corrected chi connectivity index (χ3v) is 3.09. The Hall–Kier alpha value is -0.260. The van der Waals surface area contributed by atoms with Crippen LogP contribution in [-0.4, -0.2) is 57.8 Å². The fourth-order valence-corrected chi connectivity index (χ4v) is 2.45. The molecule has 0 amide bonds. The highest BCUT2D eigenvalue weighted by atomic mass is 32.2. The minimum absolute atomic E-state index is 0.735. The molecular weight excluding hydrogens is 190 g/mol. The first-order valence-corrected chi connectivity index (χ1v) is 5.51. The lowest BCUT2D eigenvalue weighted by molar-refractivity contribution is -0.147. The number of carboxylic acids is 1. The summed E-state index contributed by atoms with van der Waals surface area (Å²) in [5.41, 5.74) is 0. The van der Waals surface area contributed by atoms with Crippen LogP contribution in [-0.2, 0) is 4.79 Å². The Bertz CT molecular complexity index is 180. The van der Waals surface area contributed by atoms with Crippen LogP contribution in [0.4, 0.5) is 0 Å². The van der Waals surface area contributed by atoms with Gasteiger partial charge in [0.05, 0.1) is 6.10 Å². The van der Waals surface area contributed by atoms with Crippen LogP contribution in [0.2, 0.25) is 0 Å². The van der Waals surface area contributed by atoms with E-state index in [1.54, 1.807) is 0 Å². The Morgan fingerprint density at radius 2 is 2.00 bits per heavy atom. The van der Waals surface area contributed by atoms with Crippen LogP contribution in [0.3, 0.4) is 0 Å². The molecule has 2 N–H and O–H groups in total. The number of aliphatic hydroxyl groups is 1. The summed E-state index contributed by atoms with van der Waals surface area (Å²) in [5.74, 6) is 0.981. The van der Waals surface area contributed by atoms with E-state index in [1.807, 2.05) is 16.7 Å². The maximum absolute atomic E-state index is 10.8. The molecule has 1 fully saturated rings. The van der Waals surface area contributed by atoms with Crippen molar-refractivity contribution in [2.24, 2.45) is 0 Å². The zero-order chi connectivity index (χ0) is 9.84. The molecule has 0 bridgehead atoms. The minimum Gasteiger partial charge on any atom is -0.480 e. The molecule has 0 spiro atoms. The van der Waals surface area contributed by atoms with Crippen molar-refractivity contribution < 1.29 is 15.0 Å². The Morgan fingerprint density at radius 1 is 1.46 bits per heavy atom. The van der Waals surface area contributed by atoms with Crippen LogP contribution < -0.4 is 0 Å². The number of hydrogen-bond donors (Lipinski definition) is 2. The van der Waals surface area contributed by atoms with Gasteiger partial charge in [-0.1, -0.05) is 0 Å². The summed E-state index contributed by atoms with van der Waals surface area (Å²) in [4.78, 5) is 12.7. The van der Waals surface area contributed by atoms with Gasteiger partial charge in [-0.2, -0.15) is 11.8 Å². The van der Waals surface area contributed by atoms with Gasteiger partial charge in [0.1, 0.15) is 6.04 Å². The molecule has 0 aromatic carbocycles. The van der Waals surface area contributed by atoms with E-state index < -0.39 is 18.1 Å². The summed E-state index contributed by atoms with van der Waals surface area (Å²) < 4.78 is 0. The minimum atomic E-state index is -0.929. The third kappa shape index (κ3) is 2.86. The van der Waals surface area contributed by atoms with Crippen LogP contribution >= 0.6 is 11.8 Å². The highest BCUT2D eigenvalue weighted by Crippen LogP contribution is 2.14. The van der Waals surface area contributed by atoms with E-state index in [0.29, 0.717) is 0 Å². The number of aliphatic hydroxyl groups excluding tert-OH is 1. The monoisotopic (exact) mass is 205 g/mol. The van der Waals surface area contributed by atoms with Crippen LogP contribution in [0.15, 0.2) is 0 Å². The summed E-state index contributed by atoms with van der Waals surface area (Å²) in [6, 6.07) is -0.735. The fraction of sp³-hybridized carbons (Fsp3) is 0.875. The second-order valence-corrected chi connectivity index (χ2v) is 4.40. The summed E-state index contributed by atoms with van der Waals surface area (Å²) in [6.45, 7) is 3.04. The second-order valence-electron chi connectivity index (χ2n) is 3.17. The first-order chi connectivity index (χ1) is 6.13. The number of thioether (sulfide) groups is 1. The van der Waals surface area contributed by atoms with Gasteiger partial charge in [0.2, 0.25) is 0 Å². The summed E-state index contributed by atoms with van der Waals surface area (Å²) in [7, 11) is 0. The van der Waals surface area contributed by atoms with E-state index in [9.17, 15) is 9.90 Å². The number of rotatable bonds is 3. The zero-order valence-electron chi connectivity index (χ0n) is 7.64. The average Bonchev–Trinajstić information content (AvgIpc) is 2.04. The average molecular weight is 205 g/mol. The van der Waals surface area contributed by atoms with E-state index in [0.717, 1.165) is 24.6 Å². The van der Waals surface area contributed by atoms with Crippen molar-refractivity contribution in [3.05, 3.63) is 0 Å². The van der Waals surface area contributed by atoms with E-state index in [2.05, 4.69) is 0 Å². The van der Waals surface area contributed by atoms with Gasteiger partial charge in [-0.05, 0) is 6.92 Å². The molecule has 0 unspecified atom stereocenters. The van der Waals surface area contributed by atoms with Gasteiger partial charge < -0.3 is 10.2 Å². The smallest absolute Gasteiger partial charge is 0.323 e. The highest BCUT2D eigenvalue weighted by Gasteiger charge is 2.30. The van der Waals surface area contributed by atoms with Gasteiger partial charge in [0.25, 0.3) is 0 Å². The fourth-order valence-electron chi connectivity index (χ4n) is 1.52.